The lowest BCUT2D eigenvalue weighted by Crippen LogP contribution is -2.37. The van der Waals surface area contributed by atoms with Gasteiger partial charge in [0.05, 0.1) is 0 Å². The van der Waals surface area contributed by atoms with E-state index in [1.165, 1.54) is 18.4 Å². The lowest BCUT2D eigenvalue weighted by atomic mass is 9.88. The Balaban J connectivity index is 1.74. The maximum absolute atomic E-state index is 12.4. The first-order valence-electron chi connectivity index (χ1n) is 9.86. The largest absolute Gasteiger partial charge is 0.343 e. The molecule has 3 heteroatoms. The number of ketones is 1. The van der Waals surface area contributed by atoms with Gasteiger partial charge in [0, 0.05) is 25.1 Å². The molecule has 1 aromatic carbocycles. The van der Waals surface area contributed by atoms with Crippen LogP contribution in [-0.4, -0.2) is 29.7 Å². The quantitative estimate of drug-likeness (QED) is 0.480. The summed E-state index contributed by atoms with van der Waals surface area (Å²) in [5.41, 5.74) is 2.03. The highest BCUT2D eigenvalue weighted by atomic mass is 16.2. The van der Waals surface area contributed by atoms with E-state index in [0.717, 1.165) is 50.3 Å². The number of unbranched alkanes of at least 4 members (excludes halogenated alkanes) is 2. The molecule has 1 aliphatic heterocycles. The van der Waals surface area contributed by atoms with Gasteiger partial charge in [0.2, 0.25) is 5.91 Å². The van der Waals surface area contributed by atoms with Crippen molar-refractivity contribution in [3.63, 3.8) is 0 Å². The van der Waals surface area contributed by atoms with Crippen molar-refractivity contribution in [2.24, 2.45) is 5.92 Å². The van der Waals surface area contributed by atoms with Gasteiger partial charge in [0.25, 0.3) is 0 Å². The molecule has 1 aromatic rings. The average Bonchev–Trinajstić information content (AvgIpc) is 2.61. The van der Waals surface area contributed by atoms with E-state index in [4.69, 9.17) is 0 Å². The second-order valence-corrected chi connectivity index (χ2v) is 7.83. The highest BCUT2D eigenvalue weighted by Gasteiger charge is 2.23. The van der Waals surface area contributed by atoms with E-state index in [2.05, 4.69) is 19.9 Å². The van der Waals surface area contributed by atoms with Gasteiger partial charge in [0.15, 0.2) is 5.78 Å². The fraction of sp³-hybridized carbons (Fsp3) is 0.636. The van der Waals surface area contributed by atoms with Gasteiger partial charge in [-0.15, -0.1) is 0 Å². The van der Waals surface area contributed by atoms with Crippen LogP contribution >= 0.6 is 0 Å². The van der Waals surface area contributed by atoms with E-state index in [-0.39, 0.29) is 5.78 Å². The summed E-state index contributed by atoms with van der Waals surface area (Å²) in [7, 11) is 0. The van der Waals surface area contributed by atoms with Gasteiger partial charge in [-0.1, -0.05) is 51.3 Å². The molecule has 0 aliphatic carbocycles. The zero-order valence-electron chi connectivity index (χ0n) is 16.1. The molecule has 0 N–H and O–H groups in total. The summed E-state index contributed by atoms with van der Waals surface area (Å²) in [4.78, 5) is 26.0. The van der Waals surface area contributed by atoms with Crippen molar-refractivity contribution in [2.45, 2.75) is 71.6 Å². The Morgan fingerprint density at radius 2 is 1.84 bits per heavy atom. The van der Waals surface area contributed by atoms with Crippen LogP contribution in [0.5, 0.6) is 0 Å². The van der Waals surface area contributed by atoms with Gasteiger partial charge in [-0.25, -0.2) is 0 Å². The highest BCUT2D eigenvalue weighted by Crippen LogP contribution is 2.29. The van der Waals surface area contributed by atoms with E-state index >= 15 is 0 Å². The van der Waals surface area contributed by atoms with E-state index < -0.39 is 0 Å². The normalized spacial score (nSPS) is 15.6. The van der Waals surface area contributed by atoms with Crippen molar-refractivity contribution >= 4 is 11.7 Å². The highest BCUT2D eigenvalue weighted by molar-refractivity contribution is 5.94. The van der Waals surface area contributed by atoms with Crippen LogP contribution in [0.15, 0.2) is 24.3 Å². The predicted molar refractivity (Wildman–Crippen MR) is 103 cm³/mol. The zero-order valence-corrected chi connectivity index (χ0v) is 16.1. The number of nitrogens with zero attached hydrogens (tertiary/aromatic N) is 1. The molecule has 1 heterocycles. The van der Waals surface area contributed by atoms with Crippen LogP contribution in [0.3, 0.4) is 0 Å². The topological polar surface area (TPSA) is 37.4 Å². The summed E-state index contributed by atoms with van der Waals surface area (Å²) in [6, 6.07) is 7.99. The van der Waals surface area contributed by atoms with Crippen LogP contribution in [0.25, 0.3) is 0 Å². The zero-order chi connectivity index (χ0) is 18.2. The van der Waals surface area contributed by atoms with Crippen LogP contribution in [-0.2, 0) is 4.79 Å². The third-order valence-corrected chi connectivity index (χ3v) is 5.28. The van der Waals surface area contributed by atoms with Gasteiger partial charge in [-0.2, -0.15) is 0 Å². The van der Waals surface area contributed by atoms with E-state index in [9.17, 15) is 9.59 Å². The fourth-order valence-corrected chi connectivity index (χ4v) is 3.64. The van der Waals surface area contributed by atoms with Gasteiger partial charge in [0.1, 0.15) is 0 Å². The first kappa shape index (κ1) is 19.7. The summed E-state index contributed by atoms with van der Waals surface area (Å²) in [6.45, 7) is 7.81. The molecule has 138 valence electrons. The number of amides is 1. The lowest BCUT2D eigenvalue weighted by molar-refractivity contribution is -0.132. The summed E-state index contributed by atoms with van der Waals surface area (Å²) in [5, 5.41) is 0. The number of piperidine rings is 1. The number of hydrogen-bond acceptors (Lipinski definition) is 2. The molecule has 2 rings (SSSR count). The molecule has 0 spiro atoms. The van der Waals surface area contributed by atoms with Crippen LogP contribution < -0.4 is 0 Å². The van der Waals surface area contributed by atoms with Crippen molar-refractivity contribution in [1.82, 2.24) is 4.90 Å². The van der Waals surface area contributed by atoms with Crippen molar-refractivity contribution in [1.29, 1.82) is 0 Å². The second kappa shape index (κ2) is 9.74. The number of carbonyl (C=O) groups is 2. The first-order chi connectivity index (χ1) is 12.0. The molecule has 0 atom stereocenters. The van der Waals surface area contributed by atoms with Gasteiger partial charge in [-0.3, -0.25) is 9.59 Å². The number of Topliss-reactive ketones (excluding diaryl/α,β-unsaturated/α-hetero) is 1. The molecular formula is C22H33NO2. The van der Waals surface area contributed by atoms with Crippen molar-refractivity contribution in [3.05, 3.63) is 35.4 Å². The smallest absolute Gasteiger partial charge is 0.222 e. The Labute approximate surface area is 152 Å². The molecule has 0 aromatic heterocycles. The third-order valence-electron chi connectivity index (χ3n) is 5.28. The van der Waals surface area contributed by atoms with Crippen LogP contribution in [0.1, 0.15) is 87.6 Å². The Morgan fingerprint density at radius 3 is 2.48 bits per heavy atom. The fourth-order valence-electron chi connectivity index (χ4n) is 3.64. The summed E-state index contributed by atoms with van der Waals surface area (Å²) >= 11 is 0. The minimum absolute atomic E-state index is 0.118. The Kier molecular flexibility index (Phi) is 7.67. The molecule has 0 bridgehead atoms. The Morgan fingerprint density at radius 1 is 1.12 bits per heavy atom. The molecule has 1 amide bonds. The first-order valence-corrected chi connectivity index (χ1v) is 9.86. The molecule has 0 radical (unpaired) electrons. The Hall–Kier alpha value is -1.64. The maximum Gasteiger partial charge on any atom is 0.222 e. The van der Waals surface area contributed by atoms with E-state index in [1.54, 1.807) is 6.92 Å². The van der Waals surface area contributed by atoms with Crippen molar-refractivity contribution in [3.8, 4) is 0 Å². The van der Waals surface area contributed by atoms with Gasteiger partial charge >= 0.3 is 0 Å². The molecule has 1 fully saturated rings. The molecule has 25 heavy (non-hydrogen) atoms. The van der Waals surface area contributed by atoms with Crippen LogP contribution in [0, 0.1) is 5.92 Å². The van der Waals surface area contributed by atoms with E-state index in [1.807, 2.05) is 23.1 Å². The minimum Gasteiger partial charge on any atom is -0.343 e. The third kappa shape index (κ3) is 6.30. The number of hydrogen-bond donors (Lipinski definition) is 0. The minimum atomic E-state index is 0.118. The maximum atomic E-state index is 12.4. The van der Waals surface area contributed by atoms with Gasteiger partial charge in [-0.05, 0) is 49.7 Å². The number of likely N-dealkylation sites (tertiary alicyclic amines) is 1. The average molecular weight is 344 g/mol. The molecule has 0 unspecified atom stereocenters. The monoisotopic (exact) mass is 343 g/mol. The van der Waals surface area contributed by atoms with Crippen LogP contribution in [0.2, 0.25) is 0 Å². The van der Waals surface area contributed by atoms with Crippen LogP contribution in [0.4, 0.5) is 0 Å². The molecule has 0 saturated carbocycles. The number of carbonyl (C=O) groups excluding carboxylic acids is 2. The second-order valence-electron chi connectivity index (χ2n) is 7.83. The van der Waals surface area contributed by atoms with Crippen molar-refractivity contribution in [2.75, 3.05) is 13.1 Å². The Bertz CT molecular complexity index is 571. The molecular weight excluding hydrogens is 310 g/mol. The summed E-state index contributed by atoms with van der Waals surface area (Å²) in [6.07, 6.45) is 7.38. The lowest BCUT2D eigenvalue weighted by Gasteiger charge is -2.32. The summed E-state index contributed by atoms with van der Waals surface area (Å²) in [5.74, 6) is 1.66. The molecule has 3 nitrogen and oxygen atoms in total. The standard InChI is InChI=1S/C22H33NO2/c1-17(2)8-5-4-6-11-22(25)23-14-12-19(13-15-23)21-10-7-9-20(16-21)18(3)24/h7,9-10,16-17,19H,4-6,8,11-15H2,1-3H3. The van der Waals surface area contributed by atoms with Gasteiger partial charge < -0.3 is 4.90 Å². The number of benzene rings is 1. The predicted octanol–water partition coefficient (Wildman–Crippen LogP) is 5.20. The number of rotatable bonds is 8. The van der Waals surface area contributed by atoms with Crippen molar-refractivity contribution < 1.29 is 9.59 Å². The molecule has 1 saturated heterocycles. The summed E-state index contributed by atoms with van der Waals surface area (Å²) < 4.78 is 0. The molecule has 1 aliphatic rings. The van der Waals surface area contributed by atoms with E-state index in [0.29, 0.717) is 18.2 Å². The SMILES string of the molecule is CC(=O)c1cccc(C2CCN(C(=O)CCCCCC(C)C)CC2)c1.